The fourth-order valence-electron chi connectivity index (χ4n) is 2.58. The molecule has 0 aliphatic rings. The molecule has 0 heterocycles. The van der Waals surface area contributed by atoms with Crippen LogP contribution in [0.4, 0.5) is 0 Å². The molecule has 9 heteroatoms. The van der Waals surface area contributed by atoms with E-state index in [0.717, 1.165) is 6.42 Å². The zero-order valence-corrected chi connectivity index (χ0v) is 18.7. The second-order valence-corrected chi connectivity index (χ2v) is 6.60. The number of nitrogens with one attached hydrogen (secondary N) is 2. The van der Waals surface area contributed by atoms with Gasteiger partial charge >= 0.3 is 5.97 Å². The number of unbranched alkanes of at least 4 members (excludes halogenated alkanes) is 2. The lowest BCUT2D eigenvalue weighted by atomic mass is 10.2. The van der Waals surface area contributed by atoms with Crippen LogP contribution in [0, 0.1) is 0 Å². The Balaban J connectivity index is 2.57. The van der Waals surface area contributed by atoms with Crippen molar-refractivity contribution >= 4 is 17.8 Å². The van der Waals surface area contributed by atoms with E-state index in [4.69, 9.17) is 18.9 Å². The molecule has 0 bridgehead atoms. The second-order valence-electron chi connectivity index (χ2n) is 6.60. The third kappa shape index (κ3) is 9.55. The number of esters is 1. The van der Waals surface area contributed by atoms with E-state index in [1.54, 1.807) is 0 Å². The van der Waals surface area contributed by atoms with Gasteiger partial charge in [-0.25, -0.2) is 4.79 Å². The number of benzene rings is 1. The van der Waals surface area contributed by atoms with E-state index in [2.05, 4.69) is 23.8 Å². The van der Waals surface area contributed by atoms with Gasteiger partial charge in [0.2, 0.25) is 17.6 Å². The van der Waals surface area contributed by atoms with Crippen molar-refractivity contribution in [1.82, 2.24) is 10.6 Å². The molecule has 0 atom stereocenters. The van der Waals surface area contributed by atoms with E-state index in [-0.39, 0.29) is 24.0 Å². The molecule has 0 spiro atoms. The molecular weight excluding hydrogens is 416 g/mol. The lowest BCUT2D eigenvalue weighted by molar-refractivity contribution is -0.117. The molecule has 0 fully saturated rings. The van der Waals surface area contributed by atoms with E-state index in [9.17, 15) is 14.4 Å². The largest absolute Gasteiger partial charge is 0.493 e. The highest BCUT2D eigenvalue weighted by Crippen LogP contribution is 2.38. The van der Waals surface area contributed by atoms with Crippen LogP contribution in [0.1, 0.15) is 36.0 Å². The SMILES string of the molecule is C=CC(=O)NCCCCOC(=O)c1cc(OC)c(OCCCCNC(=O)C=C)c(OC)c1. The van der Waals surface area contributed by atoms with Crippen LogP contribution in [0.5, 0.6) is 17.2 Å². The molecule has 0 saturated carbocycles. The van der Waals surface area contributed by atoms with Crippen LogP contribution in [0.3, 0.4) is 0 Å². The summed E-state index contributed by atoms with van der Waals surface area (Å²) in [4.78, 5) is 34.6. The third-order valence-corrected chi connectivity index (χ3v) is 4.29. The molecule has 9 nitrogen and oxygen atoms in total. The number of hydrogen-bond acceptors (Lipinski definition) is 7. The molecule has 0 aliphatic carbocycles. The maximum atomic E-state index is 12.4. The summed E-state index contributed by atoms with van der Waals surface area (Å²) in [5.41, 5.74) is 0.276. The van der Waals surface area contributed by atoms with E-state index in [0.29, 0.717) is 56.2 Å². The van der Waals surface area contributed by atoms with Crippen molar-refractivity contribution in [1.29, 1.82) is 0 Å². The van der Waals surface area contributed by atoms with E-state index < -0.39 is 5.97 Å². The fraction of sp³-hybridized carbons (Fsp3) is 0.435. The summed E-state index contributed by atoms with van der Waals surface area (Å²) in [6, 6.07) is 3.07. The Hall–Kier alpha value is -3.49. The minimum absolute atomic E-state index is 0.212. The number of carbonyl (C=O) groups is 3. The molecule has 2 N–H and O–H groups in total. The molecule has 0 aliphatic heterocycles. The van der Waals surface area contributed by atoms with Gasteiger partial charge in [-0.1, -0.05) is 13.2 Å². The first-order valence-corrected chi connectivity index (χ1v) is 10.3. The van der Waals surface area contributed by atoms with Crippen molar-refractivity contribution in [3.63, 3.8) is 0 Å². The van der Waals surface area contributed by atoms with Crippen LogP contribution in [0.2, 0.25) is 0 Å². The van der Waals surface area contributed by atoms with Crippen LogP contribution >= 0.6 is 0 Å². The second kappa shape index (κ2) is 15.3. The number of ether oxygens (including phenoxy) is 4. The predicted octanol–water partition coefficient (Wildman–Crippen LogP) is 2.40. The van der Waals surface area contributed by atoms with Gasteiger partial charge in [0.25, 0.3) is 0 Å². The van der Waals surface area contributed by atoms with Crippen molar-refractivity contribution < 1.29 is 33.3 Å². The minimum atomic E-state index is -0.513. The number of methoxy groups -OCH3 is 2. The predicted molar refractivity (Wildman–Crippen MR) is 120 cm³/mol. The lowest BCUT2D eigenvalue weighted by Crippen LogP contribution is -2.22. The zero-order chi connectivity index (χ0) is 23.8. The monoisotopic (exact) mass is 448 g/mol. The highest BCUT2D eigenvalue weighted by atomic mass is 16.5. The third-order valence-electron chi connectivity index (χ3n) is 4.29. The zero-order valence-electron chi connectivity index (χ0n) is 18.7. The summed E-state index contributed by atoms with van der Waals surface area (Å²) in [6.45, 7) is 8.37. The van der Waals surface area contributed by atoms with Crippen LogP contribution in [-0.4, -0.2) is 58.3 Å². The smallest absolute Gasteiger partial charge is 0.338 e. The summed E-state index contributed by atoms with van der Waals surface area (Å²) in [7, 11) is 2.94. The minimum Gasteiger partial charge on any atom is -0.493 e. The summed E-state index contributed by atoms with van der Waals surface area (Å²) in [5, 5.41) is 5.35. The van der Waals surface area contributed by atoms with Gasteiger partial charge < -0.3 is 29.6 Å². The van der Waals surface area contributed by atoms with Crippen molar-refractivity contribution in [2.24, 2.45) is 0 Å². The van der Waals surface area contributed by atoms with Crippen molar-refractivity contribution in [2.75, 3.05) is 40.5 Å². The standard InChI is InChI=1S/C23H32N2O7/c1-5-20(26)24-11-7-9-13-31-22-18(29-3)15-17(16-19(22)30-4)23(28)32-14-10-8-12-25-21(27)6-2/h5-6,15-16H,1-2,7-14H2,3-4H3,(H,24,26)(H,25,27). The Labute approximate surface area is 188 Å². The number of hydrogen-bond donors (Lipinski definition) is 2. The van der Waals surface area contributed by atoms with Crippen molar-refractivity contribution in [3.8, 4) is 17.2 Å². The van der Waals surface area contributed by atoms with Gasteiger partial charge in [0, 0.05) is 13.1 Å². The molecule has 1 aromatic rings. The van der Waals surface area contributed by atoms with Gasteiger partial charge in [0.05, 0.1) is 33.0 Å². The fourth-order valence-corrected chi connectivity index (χ4v) is 2.58. The first kappa shape index (κ1) is 26.5. The normalized spacial score (nSPS) is 9.94. The topological polar surface area (TPSA) is 112 Å². The van der Waals surface area contributed by atoms with E-state index >= 15 is 0 Å². The number of carbonyl (C=O) groups excluding carboxylic acids is 3. The van der Waals surface area contributed by atoms with Gasteiger partial charge in [-0.05, 0) is 50.0 Å². The summed E-state index contributed by atoms with van der Waals surface area (Å²) < 4.78 is 21.8. The molecule has 0 unspecified atom stereocenters. The Bertz CT molecular complexity index is 768. The lowest BCUT2D eigenvalue weighted by Gasteiger charge is -2.16. The van der Waals surface area contributed by atoms with Crippen LogP contribution < -0.4 is 24.8 Å². The molecule has 32 heavy (non-hydrogen) atoms. The molecule has 0 saturated heterocycles. The van der Waals surface area contributed by atoms with Gasteiger partial charge in [-0.15, -0.1) is 0 Å². The quantitative estimate of drug-likeness (QED) is 0.227. The first-order chi connectivity index (χ1) is 15.5. The molecule has 1 aromatic carbocycles. The summed E-state index contributed by atoms with van der Waals surface area (Å²) >= 11 is 0. The van der Waals surface area contributed by atoms with Crippen molar-refractivity contribution in [3.05, 3.63) is 43.0 Å². The number of rotatable bonds is 16. The van der Waals surface area contributed by atoms with Gasteiger partial charge in [-0.2, -0.15) is 0 Å². The molecule has 1 rings (SSSR count). The Morgan fingerprint density at radius 2 is 1.34 bits per heavy atom. The molecule has 2 amide bonds. The van der Waals surface area contributed by atoms with Gasteiger partial charge in [-0.3, -0.25) is 9.59 Å². The molecular formula is C23H32N2O7. The maximum Gasteiger partial charge on any atom is 0.338 e. The molecule has 176 valence electrons. The summed E-state index contributed by atoms with van der Waals surface area (Å²) in [5.74, 6) is 0.131. The first-order valence-electron chi connectivity index (χ1n) is 10.3. The number of amides is 2. The highest BCUT2D eigenvalue weighted by molar-refractivity contribution is 5.91. The van der Waals surface area contributed by atoms with E-state index in [1.165, 1.54) is 38.5 Å². The van der Waals surface area contributed by atoms with Crippen LogP contribution in [-0.2, 0) is 14.3 Å². The van der Waals surface area contributed by atoms with Gasteiger partial charge in [0.1, 0.15) is 0 Å². The Morgan fingerprint density at radius 1 is 0.844 bits per heavy atom. The van der Waals surface area contributed by atoms with Gasteiger partial charge in [0.15, 0.2) is 11.5 Å². The Morgan fingerprint density at radius 3 is 1.81 bits per heavy atom. The Kier molecular flexibility index (Phi) is 12.7. The maximum absolute atomic E-state index is 12.4. The summed E-state index contributed by atoms with van der Waals surface area (Å²) in [6.07, 6.45) is 5.13. The average molecular weight is 449 g/mol. The van der Waals surface area contributed by atoms with Crippen molar-refractivity contribution in [2.45, 2.75) is 25.7 Å². The molecule has 0 aromatic heterocycles. The van der Waals surface area contributed by atoms with Crippen LogP contribution in [0.15, 0.2) is 37.4 Å². The average Bonchev–Trinajstić information content (AvgIpc) is 2.82. The highest BCUT2D eigenvalue weighted by Gasteiger charge is 2.18. The van der Waals surface area contributed by atoms with E-state index in [1.807, 2.05) is 0 Å². The van der Waals surface area contributed by atoms with Crippen LogP contribution in [0.25, 0.3) is 0 Å². The molecule has 0 radical (unpaired) electrons.